The fourth-order valence-electron chi connectivity index (χ4n) is 2.33. The Morgan fingerprint density at radius 2 is 2.20 bits per heavy atom. The zero-order valence-corrected chi connectivity index (χ0v) is 11.9. The molecular formula is C15H22N2O3. The Morgan fingerprint density at radius 3 is 2.75 bits per heavy atom. The van der Waals surface area contributed by atoms with Gasteiger partial charge in [0.2, 0.25) is 5.91 Å². The van der Waals surface area contributed by atoms with Crippen molar-refractivity contribution in [3.63, 3.8) is 0 Å². The van der Waals surface area contributed by atoms with Gasteiger partial charge in [-0.05, 0) is 38.0 Å². The summed E-state index contributed by atoms with van der Waals surface area (Å²) >= 11 is 0. The number of benzene rings is 1. The maximum atomic E-state index is 12.0. The average molecular weight is 278 g/mol. The molecule has 5 heteroatoms. The lowest BCUT2D eigenvalue weighted by Gasteiger charge is -2.18. The third-order valence-corrected chi connectivity index (χ3v) is 3.47. The summed E-state index contributed by atoms with van der Waals surface area (Å²) in [4.78, 5) is 12.0. The number of carbonyl (C=O) groups excluding carboxylic acids is 1. The van der Waals surface area contributed by atoms with Crippen molar-refractivity contribution in [1.29, 1.82) is 0 Å². The molecule has 3 N–H and O–H groups in total. The van der Waals surface area contributed by atoms with Crippen molar-refractivity contribution < 1.29 is 14.6 Å². The lowest BCUT2D eigenvalue weighted by Crippen LogP contribution is -2.41. The highest BCUT2D eigenvalue weighted by Crippen LogP contribution is 2.18. The van der Waals surface area contributed by atoms with Gasteiger partial charge in [0.05, 0.1) is 24.8 Å². The zero-order chi connectivity index (χ0) is 14.5. The Labute approximate surface area is 119 Å². The van der Waals surface area contributed by atoms with Crippen LogP contribution in [0.2, 0.25) is 0 Å². The molecule has 0 radical (unpaired) electrons. The van der Waals surface area contributed by atoms with Gasteiger partial charge in [0.1, 0.15) is 5.75 Å². The Morgan fingerprint density at radius 1 is 1.50 bits per heavy atom. The van der Waals surface area contributed by atoms with Crippen molar-refractivity contribution in [2.45, 2.75) is 38.5 Å². The van der Waals surface area contributed by atoms with Crippen molar-refractivity contribution in [2.75, 3.05) is 13.2 Å². The number of carbonyl (C=O) groups is 1. The van der Waals surface area contributed by atoms with E-state index in [-0.39, 0.29) is 18.0 Å². The molecule has 1 aliphatic rings. The number of ether oxygens (including phenoxy) is 1. The van der Waals surface area contributed by atoms with E-state index in [0.29, 0.717) is 19.6 Å². The molecule has 20 heavy (non-hydrogen) atoms. The van der Waals surface area contributed by atoms with Gasteiger partial charge in [0.15, 0.2) is 0 Å². The predicted molar refractivity (Wildman–Crippen MR) is 76.6 cm³/mol. The number of hydrogen-bond donors (Lipinski definition) is 3. The quantitative estimate of drug-likeness (QED) is 0.751. The van der Waals surface area contributed by atoms with Crippen molar-refractivity contribution in [1.82, 2.24) is 10.6 Å². The highest BCUT2D eigenvalue weighted by molar-refractivity contribution is 5.82. The Hall–Kier alpha value is -1.59. The molecule has 0 aromatic heterocycles. The number of β-amino-alcohol motifs (C(OH)–C–C–N with tert-alkyl or cyclic N) is 1. The van der Waals surface area contributed by atoms with E-state index in [0.717, 1.165) is 11.3 Å². The number of aliphatic hydroxyl groups excluding tert-OH is 1. The second-order valence-electron chi connectivity index (χ2n) is 5.08. The Kier molecular flexibility index (Phi) is 4.98. The van der Waals surface area contributed by atoms with Crippen LogP contribution in [0.15, 0.2) is 24.3 Å². The fraction of sp³-hybridized carbons (Fsp3) is 0.533. The minimum Gasteiger partial charge on any atom is -0.494 e. The first-order valence-electron chi connectivity index (χ1n) is 7.04. The van der Waals surface area contributed by atoms with E-state index in [1.165, 1.54) is 0 Å². The molecule has 3 atom stereocenters. The maximum Gasteiger partial charge on any atom is 0.237 e. The van der Waals surface area contributed by atoms with Crippen LogP contribution in [-0.2, 0) is 4.79 Å². The first-order chi connectivity index (χ1) is 9.60. The third kappa shape index (κ3) is 3.71. The molecule has 3 unspecified atom stereocenters. The van der Waals surface area contributed by atoms with Gasteiger partial charge >= 0.3 is 0 Å². The summed E-state index contributed by atoms with van der Waals surface area (Å²) in [5.74, 6) is 0.762. The molecular weight excluding hydrogens is 256 g/mol. The fourth-order valence-corrected chi connectivity index (χ4v) is 2.33. The molecule has 0 bridgehead atoms. The lowest BCUT2D eigenvalue weighted by atomic mass is 10.1. The van der Waals surface area contributed by atoms with Crippen molar-refractivity contribution in [3.8, 4) is 5.75 Å². The Bertz CT molecular complexity index is 447. The van der Waals surface area contributed by atoms with Crippen LogP contribution in [0, 0.1) is 0 Å². The average Bonchev–Trinajstić information content (AvgIpc) is 2.86. The standard InChI is InChI=1S/C15H22N2O3/c1-3-20-13-6-4-11(5-7-13)10(2)17-15(19)14-8-12(18)9-16-14/h4-7,10,12,14,16,18H,3,8-9H2,1-2H3,(H,17,19). The van der Waals surface area contributed by atoms with E-state index in [2.05, 4.69) is 10.6 Å². The molecule has 5 nitrogen and oxygen atoms in total. The van der Waals surface area contributed by atoms with Gasteiger partial charge in [-0.1, -0.05) is 12.1 Å². The van der Waals surface area contributed by atoms with Crippen LogP contribution in [0.25, 0.3) is 0 Å². The van der Waals surface area contributed by atoms with Gasteiger partial charge in [0, 0.05) is 6.54 Å². The monoisotopic (exact) mass is 278 g/mol. The number of rotatable bonds is 5. The van der Waals surface area contributed by atoms with Crippen molar-refractivity contribution >= 4 is 5.91 Å². The first-order valence-corrected chi connectivity index (χ1v) is 7.04. The molecule has 1 aromatic rings. The van der Waals surface area contributed by atoms with Crippen LogP contribution >= 0.6 is 0 Å². The summed E-state index contributed by atoms with van der Waals surface area (Å²) in [5, 5.41) is 15.4. The molecule has 1 aromatic carbocycles. The molecule has 1 saturated heterocycles. The molecule has 0 spiro atoms. The van der Waals surface area contributed by atoms with Gasteiger partial charge in [-0.2, -0.15) is 0 Å². The molecule has 2 rings (SSSR count). The Balaban J connectivity index is 1.90. The minimum absolute atomic E-state index is 0.0667. The predicted octanol–water partition coefficient (Wildman–Crippen LogP) is 0.985. The second kappa shape index (κ2) is 6.72. The van der Waals surface area contributed by atoms with Crippen LogP contribution in [0.5, 0.6) is 5.75 Å². The van der Waals surface area contributed by atoms with Crippen molar-refractivity contribution in [3.05, 3.63) is 29.8 Å². The van der Waals surface area contributed by atoms with Crippen molar-refractivity contribution in [2.24, 2.45) is 0 Å². The van der Waals surface area contributed by atoms with Crippen LogP contribution < -0.4 is 15.4 Å². The summed E-state index contributed by atoms with van der Waals surface area (Å²) in [6.45, 7) is 5.01. The van der Waals surface area contributed by atoms with Gasteiger partial charge in [-0.15, -0.1) is 0 Å². The normalized spacial score (nSPS) is 23.4. The van der Waals surface area contributed by atoms with E-state index in [1.54, 1.807) is 0 Å². The number of nitrogens with one attached hydrogen (secondary N) is 2. The first kappa shape index (κ1) is 14.8. The lowest BCUT2D eigenvalue weighted by molar-refractivity contribution is -0.123. The van der Waals surface area contributed by atoms with E-state index in [4.69, 9.17) is 4.74 Å². The largest absolute Gasteiger partial charge is 0.494 e. The zero-order valence-electron chi connectivity index (χ0n) is 11.9. The highest BCUT2D eigenvalue weighted by atomic mass is 16.5. The van der Waals surface area contributed by atoms with Gasteiger partial charge < -0.3 is 20.5 Å². The SMILES string of the molecule is CCOc1ccc(C(C)NC(=O)C2CC(O)CN2)cc1. The minimum atomic E-state index is -0.425. The molecule has 1 amide bonds. The topological polar surface area (TPSA) is 70.6 Å². The number of aliphatic hydroxyl groups is 1. The van der Waals surface area contributed by atoms with Gasteiger partial charge in [-0.3, -0.25) is 4.79 Å². The van der Waals surface area contributed by atoms with E-state index in [9.17, 15) is 9.90 Å². The van der Waals surface area contributed by atoms with E-state index < -0.39 is 6.10 Å². The number of hydrogen-bond acceptors (Lipinski definition) is 4. The van der Waals surface area contributed by atoms with Gasteiger partial charge in [0.25, 0.3) is 0 Å². The van der Waals surface area contributed by atoms with Crippen LogP contribution in [-0.4, -0.2) is 36.3 Å². The summed E-state index contributed by atoms with van der Waals surface area (Å²) < 4.78 is 5.39. The summed E-state index contributed by atoms with van der Waals surface area (Å²) in [5.41, 5.74) is 1.03. The highest BCUT2D eigenvalue weighted by Gasteiger charge is 2.28. The molecule has 1 aliphatic heterocycles. The molecule has 1 fully saturated rings. The molecule has 0 saturated carbocycles. The summed E-state index contributed by atoms with van der Waals surface area (Å²) in [6, 6.07) is 7.34. The smallest absolute Gasteiger partial charge is 0.237 e. The van der Waals surface area contributed by atoms with Crippen LogP contribution in [0.1, 0.15) is 31.9 Å². The van der Waals surface area contributed by atoms with E-state index >= 15 is 0 Å². The van der Waals surface area contributed by atoms with Crippen LogP contribution in [0.4, 0.5) is 0 Å². The molecule has 110 valence electrons. The third-order valence-electron chi connectivity index (χ3n) is 3.47. The maximum absolute atomic E-state index is 12.0. The van der Waals surface area contributed by atoms with Crippen LogP contribution in [0.3, 0.4) is 0 Å². The molecule has 0 aliphatic carbocycles. The second-order valence-corrected chi connectivity index (χ2v) is 5.08. The van der Waals surface area contributed by atoms with Gasteiger partial charge in [-0.25, -0.2) is 0 Å². The summed E-state index contributed by atoms with van der Waals surface area (Å²) in [6.07, 6.45) is 0.0495. The van der Waals surface area contributed by atoms with E-state index in [1.807, 2.05) is 38.1 Å². The molecule has 1 heterocycles. The summed E-state index contributed by atoms with van der Waals surface area (Å²) in [7, 11) is 0. The number of amides is 1.